The van der Waals surface area contributed by atoms with Crippen LogP contribution in [-0.4, -0.2) is 52.3 Å². The highest BCUT2D eigenvalue weighted by Crippen LogP contribution is 2.28. The summed E-state index contributed by atoms with van der Waals surface area (Å²) >= 11 is 6.06. The first-order chi connectivity index (χ1) is 15.5. The number of carbonyl (C=O) groups excluding carboxylic acids is 2. The summed E-state index contributed by atoms with van der Waals surface area (Å²) in [4.78, 5) is 24.9. The van der Waals surface area contributed by atoms with E-state index in [2.05, 4.69) is 24.7 Å². The van der Waals surface area contributed by atoms with Crippen molar-refractivity contribution < 1.29 is 27.5 Å². The minimum Gasteiger partial charge on any atom is -0.493 e. The zero-order chi connectivity index (χ0) is 24.8. The molecular weight excluding hydrogens is 470 g/mol. The number of rotatable bonds is 9. The topological polar surface area (TPSA) is 114 Å². The molecule has 11 heteroatoms. The maximum atomic E-state index is 12.5. The van der Waals surface area contributed by atoms with Gasteiger partial charge in [-0.15, -0.1) is 0 Å². The molecule has 0 aliphatic heterocycles. The van der Waals surface area contributed by atoms with E-state index in [1.165, 1.54) is 45.5 Å². The van der Waals surface area contributed by atoms with Crippen LogP contribution in [0, 0.1) is 5.92 Å². The number of carbonyl (C=O) groups is 2. The molecule has 0 aliphatic rings. The monoisotopic (exact) mass is 497 g/mol. The van der Waals surface area contributed by atoms with Crippen LogP contribution in [0.15, 0.2) is 41.3 Å². The van der Waals surface area contributed by atoms with E-state index in [1.54, 1.807) is 6.07 Å². The van der Waals surface area contributed by atoms with Gasteiger partial charge in [0.05, 0.1) is 29.2 Å². The average molecular weight is 498 g/mol. The normalized spacial score (nSPS) is 11.4. The number of benzene rings is 2. The predicted octanol–water partition coefficient (Wildman–Crippen LogP) is 3.10. The zero-order valence-corrected chi connectivity index (χ0v) is 20.7. The number of nitrogens with one attached hydrogen (secondary N) is 2. The lowest BCUT2D eigenvalue weighted by Crippen LogP contribution is -2.41. The van der Waals surface area contributed by atoms with Crippen LogP contribution in [0.2, 0.25) is 5.02 Å². The molecule has 0 radical (unpaired) electrons. The van der Waals surface area contributed by atoms with Gasteiger partial charge >= 0.3 is 0 Å². The van der Waals surface area contributed by atoms with E-state index in [9.17, 15) is 18.0 Å². The molecule has 0 spiro atoms. The average Bonchev–Trinajstić information content (AvgIpc) is 2.77. The van der Waals surface area contributed by atoms with Crippen molar-refractivity contribution in [1.82, 2.24) is 15.2 Å². The lowest BCUT2D eigenvalue weighted by atomic mass is 10.1. The lowest BCUT2D eigenvalue weighted by Gasteiger charge is -2.14. The van der Waals surface area contributed by atoms with Crippen molar-refractivity contribution in [3.63, 3.8) is 0 Å². The zero-order valence-electron chi connectivity index (χ0n) is 19.1. The van der Waals surface area contributed by atoms with E-state index in [0.717, 1.165) is 16.8 Å². The van der Waals surface area contributed by atoms with Gasteiger partial charge in [0, 0.05) is 19.7 Å². The van der Waals surface area contributed by atoms with Crippen molar-refractivity contribution in [2.24, 2.45) is 5.92 Å². The third-order valence-corrected chi connectivity index (χ3v) is 6.77. The maximum Gasteiger partial charge on any atom is 0.271 e. The lowest BCUT2D eigenvalue weighted by molar-refractivity contribution is 0.0846. The highest BCUT2D eigenvalue weighted by atomic mass is 35.5. The quantitative estimate of drug-likeness (QED) is 0.514. The van der Waals surface area contributed by atoms with E-state index in [1.807, 2.05) is 0 Å². The Morgan fingerprint density at radius 1 is 1.03 bits per heavy atom. The van der Waals surface area contributed by atoms with Crippen LogP contribution in [0.3, 0.4) is 0 Å². The number of hydrazine groups is 1. The molecular formula is C22H28ClN3O6S. The smallest absolute Gasteiger partial charge is 0.271 e. The highest BCUT2D eigenvalue weighted by Gasteiger charge is 2.21. The molecule has 2 aromatic rings. The van der Waals surface area contributed by atoms with Crippen molar-refractivity contribution in [3.8, 4) is 11.5 Å². The molecule has 0 bridgehead atoms. The number of halogens is 1. The van der Waals surface area contributed by atoms with Gasteiger partial charge < -0.3 is 9.47 Å². The molecule has 0 aliphatic carbocycles. The van der Waals surface area contributed by atoms with Crippen LogP contribution >= 0.6 is 11.6 Å². The third kappa shape index (κ3) is 6.83. The number of hydrogen-bond acceptors (Lipinski definition) is 6. The van der Waals surface area contributed by atoms with Crippen LogP contribution in [-0.2, 0) is 10.0 Å². The van der Waals surface area contributed by atoms with E-state index in [0.29, 0.717) is 24.0 Å². The molecule has 2 rings (SSSR count). The van der Waals surface area contributed by atoms with Gasteiger partial charge in [-0.25, -0.2) is 12.7 Å². The number of ether oxygens (including phenoxy) is 2. The Labute approximate surface area is 199 Å². The van der Waals surface area contributed by atoms with Gasteiger partial charge in [0.25, 0.3) is 11.8 Å². The Morgan fingerprint density at radius 3 is 2.30 bits per heavy atom. The molecule has 9 nitrogen and oxygen atoms in total. The molecule has 2 N–H and O–H groups in total. The number of methoxy groups -OCH3 is 1. The van der Waals surface area contributed by atoms with Crippen molar-refractivity contribution in [3.05, 3.63) is 52.5 Å². The molecule has 0 aromatic heterocycles. The molecule has 0 fully saturated rings. The Kier molecular flexibility index (Phi) is 9.09. The summed E-state index contributed by atoms with van der Waals surface area (Å²) in [6, 6.07) is 8.38. The standard InChI is InChI=1S/C22H28ClN3O6S/c1-14(2)10-11-32-19-9-6-15(12-20(19)31-5)21(27)24-25-22(28)17-13-16(7-8-18(17)23)33(29,30)26(3)4/h6-9,12-14H,10-11H2,1-5H3,(H,24,27)(H,25,28). The van der Waals surface area contributed by atoms with Crippen molar-refractivity contribution in [1.29, 1.82) is 0 Å². The molecule has 0 saturated heterocycles. The number of hydrogen-bond donors (Lipinski definition) is 2. The third-order valence-electron chi connectivity index (χ3n) is 4.63. The predicted molar refractivity (Wildman–Crippen MR) is 125 cm³/mol. The second-order valence-corrected chi connectivity index (χ2v) is 10.3. The van der Waals surface area contributed by atoms with Gasteiger partial charge in [-0.2, -0.15) is 0 Å². The Hall–Kier alpha value is -2.82. The molecule has 0 atom stereocenters. The van der Waals surface area contributed by atoms with Gasteiger partial charge in [-0.3, -0.25) is 20.4 Å². The SMILES string of the molecule is COc1cc(C(=O)NNC(=O)c2cc(S(=O)(=O)N(C)C)ccc2Cl)ccc1OCCC(C)C. The van der Waals surface area contributed by atoms with Gasteiger partial charge in [-0.1, -0.05) is 25.4 Å². The van der Waals surface area contributed by atoms with E-state index < -0.39 is 21.8 Å². The summed E-state index contributed by atoms with van der Waals surface area (Å²) in [5, 5.41) is 0.0315. The molecule has 2 aromatic carbocycles. The van der Waals surface area contributed by atoms with Crippen molar-refractivity contribution in [2.75, 3.05) is 27.8 Å². The van der Waals surface area contributed by atoms with Gasteiger partial charge in [0.15, 0.2) is 11.5 Å². The summed E-state index contributed by atoms with van der Waals surface area (Å²) in [5.74, 6) is -0.0121. The summed E-state index contributed by atoms with van der Waals surface area (Å²) in [5.41, 5.74) is 4.64. The molecule has 0 saturated carbocycles. The highest BCUT2D eigenvalue weighted by molar-refractivity contribution is 7.89. The maximum absolute atomic E-state index is 12.5. The summed E-state index contributed by atoms with van der Waals surface area (Å²) in [6.07, 6.45) is 0.872. The van der Waals surface area contributed by atoms with E-state index in [-0.39, 0.29) is 21.0 Å². The number of amides is 2. The molecule has 0 unspecified atom stereocenters. The minimum absolute atomic E-state index is 0.0315. The van der Waals surface area contributed by atoms with Crippen molar-refractivity contribution >= 4 is 33.4 Å². The summed E-state index contributed by atoms with van der Waals surface area (Å²) < 4.78 is 36.7. The first-order valence-corrected chi connectivity index (χ1v) is 11.9. The molecule has 33 heavy (non-hydrogen) atoms. The number of sulfonamides is 1. The Morgan fingerprint density at radius 2 is 1.70 bits per heavy atom. The fraction of sp³-hybridized carbons (Fsp3) is 0.364. The molecule has 180 valence electrons. The van der Waals surface area contributed by atoms with Crippen LogP contribution in [0.5, 0.6) is 11.5 Å². The van der Waals surface area contributed by atoms with Gasteiger partial charge in [0.1, 0.15) is 0 Å². The fourth-order valence-electron chi connectivity index (χ4n) is 2.64. The largest absolute Gasteiger partial charge is 0.493 e. The summed E-state index contributed by atoms with van der Waals surface area (Å²) in [6.45, 7) is 4.69. The van der Waals surface area contributed by atoms with E-state index >= 15 is 0 Å². The van der Waals surface area contributed by atoms with Crippen LogP contribution < -0.4 is 20.3 Å². The Bertz CT molecular complexity index is 1120. The van der Waals surface area contributed by atoms with Gasteiger partial charge in [0.2, 0.25) is 10.0 Å². The van der Waals surface area contributed by atoms with Crippen LogP contribution in [0.1, 0.15) is 41.0 Å². The second kappa shape index (κ2) is 11.4. The van der Waals surface area contributed by atoms with Crippen LogP contribution in [0.4, 0.5) is 0 Å². The Balaban J connectivity index is 2.11. The first kappa shape index (κ1) is 26.4. The van der Waals surface area contributed by atoms with E-state index in [4.69, 9.17) is 21.1 Å². The fourth-order valence-corrected chi connectivity index (χ4v) is 3.77. The van der Waals surface area contributed by atoms with Crippen molar-refractivity contribution in [2.45, 2.75) is 25.2 Å². The van der Waals surface area contributed by atoms with Crippen LogP contribution in [0.25, 0.3) is 0 Å². The molecule has 0 heterocycles. The number of nitrogens with zero attached hydrogens (tertiary/aromatic N) is 1. The molecule has 2 amide bonds. The first-order valence-electron chi connectivity index (χ1n) is 10.1. The minimum atomic E-state index is -3.77. The van der Waals surface area contributed by atoms with Gasteiger partial charge in [-0.05, 0) is 48.7 Å². The summed E-state index contributed by atoms with van der Waals surface area (Å²) in [7, 11) is 0.445. The second-order valence-electron chi connectivity index (χ2n) is 7.73.